The largest absolute Gasteiger partial charge is 0.293 e. The molecule has 0 spiro atoms. The first-order valence-corrected chi connectivity index (χ1v) is 3.82. The fourth-order valence-electron chi connectivity index (χ4n) is 0.247. The standard InChI is InChI=1S/C4H5BrCl2N2/c5-2(4(7)9)1-3(6)8/h2,8-9H,1H2. The van der Waals surface area contributed by atoms with Crippen molar-refractivity contribution in [3.05, 3.63) is 0 Å². The molecule has 0 saturated heterocycles. The second-order valence-electron chi connectivity index (χ2n) is 1.42. The predicted octanol–water partition coefficient (Wildman–Crippen LogP) is 2.57. The molecule has 0 aliphatic carbocycles. The van der Waals surface area contributed by atoms with Gasteiger partial charge in [0.05, 0.1) is 10.00 Å². The summed E-state index contributed by atoms with van der Waals surface area (Å²) in [5.41, 5.74) is 0. The third kappa shape index (κ3) is 4.88. The van der Waals surface area contributed by atoms with Gasteiger partial charge in [0.1, 0.15) is 5.17 Å². The fraction of sp³-hybridized carbons (Fsp3) is 0.500. The Balaban J connectivity index is 3.63. The molecule has 0 saturated carbocycles. The van der Waals surface area contributed by atoms with E-state index in [9.17, 15) is 0 Å². The molecule has 0 fully saturated rings. The summed E-state index contributed by atoms with van der Waals surface area (Å²) in [6.45, 7) is 0. The van der Waals surface area contributed by atoms with E-state index in [0.29, 0.717) is 0 Å². The van der Waals surface area contributed by atoms with E-state index in [1.165, 1.54) is 0 Å². The summed E-state index contributed by atoms with van der Waals surface area (Å²) >= 11 is 13.5. The highest BCUT2D eigenvalue weighted by atomic mass is 79.9. The molecule has 5 heteroatoms. The lowest BCUT2D eigenvalue weighted by Gasteiger charge is -2.01. The molecule has 2 N–H and O–H groups in total. The maximum atomic E-state index is 6.86. The van der Waals surface area contributed by atoms with Crippen molar-refractivity contribution in [3.8, 4) is 0 Å². The van der Waals surface area contributed by atoms with E-state index in [0.717, 1.165) is 0 Å². The molecule has 0 heterocycles. The second-order valence-corrected chi connectivity index (χ2v) is 3.39. The van der Waals surface area contributed by atoms with Crippen LogP contribution in [0, 0.1) is 10.8 Å². The zero-order chi connectivity index (χ0) is 7.44. The molecule has 0 bridgehead atoms. The molecule has 0 aromatic carbocycles. The number of hydrogen-bond acceptors (Lipinski definition) is 2. The quantitative estimate of drug-likeness (QED) is 0.554. The Morgan fingerprint density at radius 3 is 2.00 bits per heavy atom. The molecule has 0 aromatic rings. The van der Waals surface area contributed by atoms with Crippen molar-refractivity contribution in [1.29, 1.82) is 10.8 Å². The van der Waals surface area contributed by atoms with Gasteiger partial charge in [-0.05, 0) is 0 Å². The number of hydrogen-bond donors (Lipinski definition) is 2. The average Bonchev–Trinajstić information content (AvgIpc) is 1.63. The van der Waals surface area contributed by atoms with Crippen molar-refractivity contribution in [2.24, 2.45) is 0 Å². The van der Waals surface area contributed by atoms with Crippen LogP contribution in [0.3, 0.4) is 0 Å². The first kappa shape index (κ1) is 9.40. The molecule has 52 valence electrons. The molecule has 0 radical (unpaired) electrons. The molecular weight excluding hydrogens is 227 g/mol. The van der Waals surface area contributed by atoms with Gasteiger partial charge in [-0.25, -0.2) is 0 Å². The number of alkyl halides is 1. The second kappa shape index (κ2) is 4.25. The SMILES string of the molecule is N=C(Cl)CC(Br)C(=N)Cl. The topological polar surface area (TPSA) is 47.7 Å². The van der Waals surface area contributed by atoms with Gasteiger partial charge in [-0.15, -0.1) is 0 Å². The highest BCUT2D eigenvalue weighted by Crippen LogP contribution is 2.10. The minimum atomic E-state index is -0.302. The Morgan fingerprint density at radius 1 is 1.44 bits per heavy atom. The van der Waals surface area contributed by atoms with Crippen LogP contribution in [-0.4, -0.2) is 15.2 Å². The summed E-state index contributed by atoms with van der Waals surface area (Å²) < 4.78 is 0. The summed E-state index contributed by atoms with van der Waals surface area (Å²) in [6, 6.07) is 0. The number of halogens is 3. The summed E-state index contributed by atoms with van der Waals surface area (Å²) in [7, 11) is 0. The van der Waals surface area contributed by atoms with Crippen LogP contribution in [0.2, 0.25) is 0 Å². The zero-order valence-corrected chi connectivity index (χ0v) is 7.52. The van der Waals surface area contributed by atoms with Crippen molar-refractivity contribution in [2.75, 3.05) is 0 Å². The third-order valence-corrected chi connectivity index (χ3v) is 2.10. The number of rotatable bonds is 3. The molecule has 1 unspecified atom stereocenters. The van der Waals surface area contributed by atoms with Crippen LogP contribution in [0.1, 0.15) is 6.42 Å². The van der Waals surface area contributed by atoms with Crippen molar-refractivity contribution < 1.29 is 0 Å². The van der Waals surface area contributed by atoms with Gasteiger partial charge in [0, 0.05) is 6.42 Å². The maximum absolute atomic E-state index is 6.86. The third-order valence-electron chi connectivity index (χ3n) is 0.633. The van der Waals surface area contributed by atoms with Crippen LogP contribution >= 0.6 is 39.1 Å². The van der Waals surface area contributed by atoms with Gasteiger partial charge in [0.15, 0.2) is 0 Å². The van der Waals surface area contributed by atoms with E-state index in [-0.39, 0.29) is 21.6 Å². The molecule has 0 aromatic heterocycles. The lowest BCUT2D eigenvalue weighted by molar-refractivity contribution is 1.19. The van der Waals surface area contributed by atoms with Crippen molar-refractivity contribution in [1.82, 2.24) is 0 Å². The molecule has 0 aliphatic rings. The van der Waals surface area contributed by atoms with E-state index in [2.05, 4.69) is 15.9 Å². The smallest absolute Gasteiger partial charge is 0.111 e. The van der Waals surface area contributed by atoms with Gasteiger partial charge in [-0.2, -0.15) is 0 Å². The van der Waals surface area contributed by atoms with Crippen molar-refractivity contribution in [3.63, 3.8) is 0 Å². The Morgan fingerprint density at radius 2 is 1.89 bits per heavy atom. The monoisotopic (exact) mass is 230 g/mol. The molecule has 0 amide bonds. The van der Waals surface area contributed by atoms with Gasteiger partial charge < -0.3 is 0 Å². The van der Waals surface area contributed by atoms with E-state index < -0.39 is 0 Å². The molecular formula is C4H5BrCl2N2. The van der Waals surface area contributed by atoms with Gasteiger partial charge in [0.2, 0.25) is 0 Å². The fourth-order valence-corrected chi connectivity index (χ4v) is 0.989. The van der Waals surface area contributed by atoms with Gasteiger partial charge >= 0.3 is 0 Å². The first-order valence-electron chi connectivity index (χ1n) is 2.15. The van der Waals surface area contributed by atoms with E-state index in [4.69, 9.17) is 34.0 Å². The summed E-state index contributed by atoms with van der Waals surface area (Å²) in [4.78, 5) is -0.302. The van der Waals surface area contributed by atoms with Gasteiger partial charge in [-0.3, -0.25) is 10.8 Å². The molecule has 0 aliphatic heterocycles. The van der Waals surface area contributed by atoms with Crippen LogP contribution in [0.25, 0.3) is 0 Å². The Kier molecular flexibility index (Phi) is 4.44. The van der Waals surface area contributed by atoms with E-state index in [1.807, 2.05) is 0 Å². The normalized spacial score (nSPS) is 12.8. The summed E-state index contributed by atoms with van der Waals surface area (Å²) in [5.74, 6) is 0. The van der Waals surface area contributed by atoms with Crippen molar-refractivity contribution >= 4 is 49.5 Å². The minimum absolute atomic E-state index is 0.00211. The molecule has 9 heavy (non-hydrogen) atoms. The minimum Gasteiger partial charge on any atom is -0.293 e. The Hall–Kier alpha value is 0.400. The highest BCUT2D eigenvalue weighted by Gasteiger charge is 2.08. The Labute approximate surface area is 71.7 Å². The van der Waals surface area contributed by atoms with Gasteiger partial charge in [0.25, 0.3) is 0 Å². The van der Waals surface area contributed by atoms with Crippen LogP contribution in [0.5, 0.6) is 0 Å². The molecule has 2 nitrogen and oxygen atoms in total. The zero-order valence-electron chi connectivity index (χ0n) is 4.42. The Bertz CT molecular complexity index is 137. The summed E-state index contributed by atoms with van der Waals surface area (Å²) in [5, 5.41) is 13.6. The van der Waals surface area contributed by atoms with Crippen LogP contribution < -0.4 is 0 Å². The van der Waals surface area contributed by atoms with Gasteiger partial charge in [-0.1, -0.05) is 39.1 Å². The number of nitrogens with one attached hydrogen (secondary N) is 2. The van der Waals surface area contributed by atoms with Crippen LogP contribution in [0.15, 0.2) is 0 Å². The first-order chi connectivity index (χ1) is 4.04. The van der Waals surface area contributed by atoms with E-state index >= 15 is 0 Å². The predicted molar refractivity (Wildman–Crippen MR) is 44.5 cm³/mol. The molecule has 1 atom stereocenters. The lowest BCUT2D eigenvalue weighted by Crippen LogP contribution is -2.08. The molecule has 0 rings (SSSR count). The van der Waals surface area contributed by atoms with Crippen LogP contribution in [-0.2, 0) is 0 Å². The van der Waals surface area contributed by atoms with Crippen molar-refractivity contribution in [2.45, 2.75) is 11.2 Å². The highest BCUT2D eigenvalue weighted by molar-refractivity contribution is 9.10. The summed E-state index contributed by atoms with van der Waals surface area (Å²) in [6.07, 6.45) is 0.282. The van der Waals surface area contributed by atoms with E-state index in [1.54, 1.807) is 0 Å². The lowest BCUT2D eigenvalue weighted by atomic mass is 10.3. The maximum Gasteiger partial charge on any atom is 0.111 e. The average molecular weight is 232 g/mol. The van der Waals surface area contributed by atoms with Crippen LogP contribution in [0.4, 0.5) is 0 Å².